The minimum Gasteiger partial charge on any atom is -0.396 e. The maximum Gasteiger partial charge on any atom is 0.0629 e. The minimum atomic E-state index is 0.220. The van der Waals surface area contributed by atoms with Gasteiger partial charge in [-0.05, 0) is 45.1 Å². The molecule has 0 bridgehead atoms. The third kappa shape index (κ3) is 1.46. The van der Waals surface area contributed by atoms with E-state index >= 15 is 0 Å². The zero-order valence-electron chi connectivity index (χ0n) is 8.95. The molecule has 0 atom stereocenters. The van der Waals surface area contributed by atoms with Crippen LogP contribution in [0.1, 0.15) is 42.3 Å². The van der Waals surface area contributed by atoms with Gasteiger partial charge in [0.25, 0.3) is 0 Å². The van der Waals surface area contributed by atoms with Crippen LogP contribution in [-0.4, -0.2) is 21.5 Å². The van der Waals surface area contributed by atoms with Crippen LogP contribution in [0.15, 0.2) is 0 Å². The first-order valence-electron chi connectivity index (χ1n) is 5.39. The molecule has 0 aliphatic heterocycles. The van der Waals surface area contributed by atoms with E-state index in [0.717, 1.165) is 12.1 Å². The number of hydrogen-bond acceptors (Lipinski definition) is 2. The lowest BCUT2D eigenvalue weighted by Crippen LogP contribution is -2.19. The van der Waals surface area contributed by atoms with Gasteiger partial charge in [-0.15, -0.1) is 0 Å². The van der Waals surface area contributed by atoms with Gasteiger partial charge >= 0.3 is 0 Å². The van der Waals surface area contributed by atoms with Gasteiger partial charge in [0, 0.05) is 12.3 Å². The highest BCUT2D eigenvalue weighted by Crippen LogP contribution is 2.33. The Labute approximate surface area is 84.7 Å². The quantitative estimate of drug-likeness (QED) is 0.796. The molecule has 1 aromatic heterocycles. The molecule has 1 aromatic rings. The van der Waals surface area contributed by atoms with E-state index in [1.807, 2.05) is 6.92 Å². The van der Waals surface area contributed by atoms with Gasteiger partial charge in [0.05, 0.1) is 11.7 Å². The highest BCUT2D eigenvalue weighted by Gasteiger charge is 2.23. The van der Waals surface area contributed by atoms with E-state index in [0.29, 0.717) is 6.04 Å². The molecule has 1 saturated carbocycles. The average Bonchev–Trinajstić information content (AvgIpc) is 2.31. The Bertz CT molecular complexity index is 326. The van der Waals surface area contributed by atoms with Gasteiger partial charge in [-0.3, -0.25) is 4.68 Å². The molecular weight excluding hydrogens is 176 g/mol. The smallest absolute Gasteiger partial charge is 0.0629 e. The lowest BCUT2D eigenvalue weighted by Gasteiger charge is -2.27. The fourth-order valence-electron chi connectivity index (χ4n) is 2.16. The van der Waals surface area contributed by atoms with Crippen molar-refractivity contribution in [3.05, 3.63) is 17.0 Å². The average molecular weight is 194 g/mol. The van der Waals surface area contributed by atoms with E-state index in [9.17, 15) is 0 Å². The minimum absolute atomic E-state index is 0.220. The molecule has 0 unspecified atom stereocenters. The normalized spacial score (nSPS) is 17.1. The van der Waals surface area contributed by atoms with Crippen molar-refractivity contribution in [1.29, 1.82) is 0 Å². The maximum absolute atomic E-state index is 8.95. The van der Waals surface area contributed by atoms with E-state index in [-0.39, 0.29) is 6.61 Å². The molecule has 78 valence electrons. The van der Waals surface area contributed by atoms with E-state index in [1.54, 1.807) is 0 Å². The number of nitrogens with zero attached hydrogens (tertiary/aromatic N) is 2. The molecule has 1 aliphatic rings. The van der Waals surface area contributed by atoms with Crippen LogP contribution < -0.4 is 0 Å². The Balaban J connectivity index is 2.28. The molecule has 2 rings (SSSR count). The Morgan fingerprint density at radius 3 is 2.64 bits per heavy atom. The van der Waals surface area contributed by atoms with Crippen LogP contribution in [0.25, 0.3) is 0 Å². The highest BCUT2D eigenvalue weighted by atomic mass is 16.2. The second-order valence-electron chi connectivity index (χ2n) is 4.15. The fraction of sp³-hybridized carbons (Fsp3) is 0.727. The zero-order valence-corrected chi connectivity index (χ0v) is 8.95. The summed E-state index contributed by atoms with van der Waals surface area (Å²) in [6.45, 7) is 4.37. The van der Waals surface area contributed by atoms with Gasteiger partial charge in [0.15, 0.2) is 0 Å². The molecule has 3 nitrogen and oxygen atoms in total. The molecule has 14 heavy (non-hydrogen) atoms. The molecule has 0 aromatic carbocycles. The lowest BCUT2D eigenvalue weighted by molar-refractivity contribution is 0.282. The number of aliphatic hydroxyl groups is 1. The summed E-state index contributed by atoms with van der Waals surface area (Å²) in [5, 5.41) is 13.5. The molecule has 0 spiro atoms. The number of aliphatic hydroxyl groups excluding tert-OH is 1. The van der Waals surface area contributed by atoms with Gasteiger partial charge in [-0.2, -0.15) is 5.10 Å². The standard InChI is InChI=1S/C11H18N2O/c1-8-11(6-7-14)9(2)13(12-8)10-4-3-5-10/h10,14H,3-7H2,1-2H3. The van der Waals surface area contributed by atoms with Crippen molar-refractivity contribution < 1.29 is 5.11 Å². The summed E-state index contributed by atoms with van der Waals surface area (Å²) in [5.41, 5.74) is 3.57. The van der Waals surface area contributed by atoms with E-state index in [1.165, 1.54) is 30.5 Å². The Hall–Kier alpha value is -0.830. The number of aryl methyl sites for hydroxylation is 1. The number of rotatable bonds is 3. The van der Waals surface area contributed by atoms with Crippen molar-refractivity contribution in [3.8, 4) is 0 Å². The molecule has 1 fully saturated rings. The van der Waals surface area contributed by atoms with Crippen molar-refractivity contribution in [3.63, 3.8) is 0 Å². The second-order valence-corrected chi connectivity index (χ2v) is 4.15. The van der Waals surface area contributed by atoms with Crippen LogP contribution in [-0.2, 0) is 6.42 Å². The predicted molar refractivity (Wildman–Crippen MR) is 55.4 cm³/mol. The largest absolute Gasteiger partial charge is 0.396 e. The van der Waals surface area contributed by atoms with Crippen molar-refractivity contribution in [2.75, 3.05) is 6.61 Å². The van der Waals surface area contributed by atoms with Crippen LogP contribution >= 0.6 is 0 Å². The number of hydrogen-bond donors (Lipinski definition) is 1. The second kappa shape index (κ2) is 3.73. The van der Waals surface area contributed by atoms with Gasteiger partial charge in [0.1, 0.15) is 0 Å². The third-order valence-electron chi connectivity index (χ3n) is 3.26. The number of aromatic nitrogens is 2. The van der Waals surface area contributed by atoms with Crippen molar-refractivity contribution >= 4 is 0 Å². The van der Waals surface area contributed by atoms with Crippen LogP contribution in [0.3, 0.4) is 0 Å². The summed E-state index contributed by atoms with van der Waals surface area (Å²) in [5.74, 6) is 0. The van der Waals surface area contributed by atoms with Crippen LogP contribution in [0.4, 0.5) is 0 Å². The zero-order chi connectivity index (χ0) is 10.1. The van der Waals surface area contributed by atoms with Crippen LogP contribution in [0.5, 0.6) is 0 Å². The molecule has 0 saturated heterocycles. The summed E-state index contributed by atoms with van der Waals surface area (Å²) in [4.78, 5) is 0. The Morgan fingerprint density at radius 2 is 2.14 bits per heavy atom. The fourth-order valence-corrected chi connectivity index (χ4v) is 2.16. The summed E-state index contributed by atoms with van der Waals surface area (Å²) in [6.07, 6.45) is 4.60. The van der Waals surface area contributed by atoms with Crippen LogP contribution in [0.2, 0.25) is 0 Å². The first kappa shape index (κ1) is 9.71. The first-order valence-corrected chi connectivity index (χ1v) is 5.39. The maximum atomic E-state index is 8.95. The van der Waals surface area contributed by atoms with E-state index in [4.69, 9.17) is 5.11 Å². The van der Waals surface area contributed by atoms with E-state index in [2.05, 4.69) is 16.7 Å². The third-order valence-corrected chi connectivity index (χ3v) is 3.26. The van der Waals surface area contributed by atoms with Gasteiger partial charge in [-0.25, -0.2) is 0 Å². The lowest BCUT2D eigenvalue weighted by atomic mass is 9.93. The molecule has 1 N–H and O–H groups in total. The SMILES string of the molecule is Cc1nn(C2CCC2)c(C)c1CCO. The summed E-state index contributed by atoms with van der Waals surface area (Å²) in [7, 11) is 0. The van der Waals surface area contributed by atoms with Gasteiger partial charge < -0.3 is 5.11 Å². The molecule has 0 amide bonds. The monoisotopic (exact) mass is 194 g/mol. The predicted octanol–water partition coefficient (Wildman–Crippen LogP) is 1.76. The van der Waals surface area contributed by atoms with Crippen molar-refractivity contribution in [2.24, 2.45) is 0 Å². The molecule has 3 heteroatoms. The summed E-state index contributed by atoms with van der Waals surface area (Å²) < 4.78 is 2.16. The molecule has 1 aliphatic carbocycles. The molecular formula is C11H18N2O. The van der Waals surface area contributed by atoms with Gasteiger partial charge in [0.2, 0.25) is 0 Å². The van der Waals surface area contributed by atoms with Gasteiger partial charge in [-0.1, -0.05) is 0 Å². The van der Waals surface area contributed by atoms with E-state index < -0.39 is 0 Å². The summed E-state index contributed by atoms with van der Waals surface area (Å²) in [6, 6.07) is 0.626. The molecule has 0 radical (unpaired) electrons. The summed E-state index contributed by atoms with van der Waals surface area (Å²) >= 11 is 0. The highest BCUT2D eigenvalue weighted by molar-refractivity contribution is 5.25. The van der Waals surface area contributed by atoms with Crippen molar-refractivity contribution in [1.82, 2.24) is 9.78 Å². The van der Waals surface area contributed by atoms with Crippen LogP contribution in [0, 0.1) is 13.8 Å². The Morgan fingerprint density at radius 1 is 1.43 bits per heavy atom. The molecule has 1 heterocycles. The van der Waals surface area contributed by atoms with Crippen molar-refractivity contribution in [2.45, 2.75) is 45.6 Å². The first-order chi connectivity index (χ1) is 6.74. The Kier molecular flexibility index (Phi) is 2.59. The topological polar surface area (TPSA) is 38.0 Å².